The zero-order valence-electron chi connectivity index (χ0n) is 13.3. The second kappa shape index (κ2) is 8.93. The zero-order valence-corrected chi connectivity index (χ0v) is 14.1. The van der Waals surface area contributed by atoms with Gasteiger partial charge < -0.3 is 9.84 Å². The van der Waals surface area contributed by atoms with Crippen LogP contribution in [0.5, 0.6) is 5.75 Å². The summed E-state index contributed by atoms with van der Waals surface area (Å²) in [6.45, 7) is 7.20. The molecule has 1 aromatic carbocycles. The zero-order chi connectivity index (χ0) is 15.8. The highest BCUT2D eigenvalue weighted by molar-refractivity contribution is 7.07. The third kappa shape index (κ3) is 6.18. The maximum atomic E-state index is 10.3. The monoisotopic (exact) mass is 319 g/mol. The van der Waals surface area contributed by atoms with Gasteiger partial charge in [-0.2, -0.15) is 11.3 Å². The minimum Gasteiger partial charge on any atom is -0.491 e. The Balaban J connectivity index is 1.83. The molecule has 0 bridgehead atoms. The molecule has 1 atom stereocenters. The van der Waals surface area contributed by atoms with Crippen LogP contribution in [0.15, 0.2) is 47.2 Å². The molecule has 0 aliphatic heterocycles. The molecule has 120 valence electrons. The first kappa shape index (κ1) is 17.0. The Labute approximate surface area is 137 Å². The predicted octanol–water partition coefficient (Wildman–Crippen LogP) is 3.65. The molecule has 1 heterocycles. The molecule has 0 fully saturated rings. The van der Waals surface area contributed by atoms with Crippen molar-refractivity contribution in [2.45, 2.75) is 26.5 Å². The Morgan fingerprint density at radius 2 is 1.91 bits per heavy atom. The Morgan fingerprint density at radius 1 is 1.14 bits per heavy atom. The standard InChI is InChI=1S/C18H25NO2S/c1-15(2)10-19(11-16-8-9-22-14-16)12-17(20)13-21-18-6-4-3-5-7-18/h3-9,14-15,17,20H,10-13H2,1-2H3. The van der Waals surface area contributed by atoms with E-state index in [1.807, 2.05) is 30.3 Å². The molecule has 0 aliphatic carbocycles. The van der Waals surface area contributed by atoms with Crippen molar-refractivity contribution in [3.63, 3.8) is 0 Å². The van der Waals surface area contributed by atoms with Crippen LogP contribution in [0.2, 0.25) is 0 Å². The van der Waals surface area contributed by atoms with Crippen molar-refractivity contribution in [1.29, 1.82) is 0 Å². The van der Waals surface area contributed by atoms with Crippen LogP contribution in [0.25, 0.3) is 0 Å². The van der Waals surface area contributed by atoms with E-state index < -0.39 is 6.10 Å². The summed E-state index contributed by atoms with van der Waals surface area (Å²) in [5.41, 5.74) is 1.31. The first-order valence-electron chi connectivity index (χ1n) is 7.73. The van der Waals surface area contributed by atoms with Crippen molar-refractivity contribution in [2.24, 2.45) is 5.92 Å². The van der Waals surface area contributed by atoms with Crippen molar-refractivity contribution >= 4 is 11.3 Å². The van der Waals surface area contributed by atoms with Crippen molar-refractivity contribution in [3.05, 3.63) is 52.7 Å². The highest BCUT2D eigenvalue weighted by atomic mass is 32.1. The number of aliphatic hydroxyl groups excluding tert-OH is 1. The van der Waals surface area contributed by atoms with Gasteiger partial charge >= 0.3 is 0 Å². The second-order valence-corrected chi connectivity index (χ2v) is 6.78. The summed E-state index contributed by atoms with van der Waals surface area (Å²) in [4.78, 5) is 2.30. The summed E-state index contributed by atoms with van der Waals surface area (Å²) in [5.74, 6) is 1.37. The lowest BCUT2D eigenvalue weighted by molar-refractivity contribution is 0.0615. The van der Waals surface area contributed by atoms with Gasteiger partial charge in [0.2, 0.25) is 0 Å². The minimum absolute atomic E-state index is 0.322. The lowest BCUT2D eigenvalue weighted by atomic mass is 10.2. The number of hydrogen-bond acceptors (Lipinski definition) is 4. The molecule has 3 nitrogen and oxygen atoms in total. The van der Waals surface area contributed by atoms with Gasteiger partial charge in [0, 0.05) is 19.6 Å². The first-order valence-corrected chi connectivity index (χ1v) is 8.67. The van der Waals surface area contributed by atoms with Crippen molar-refractivity contribution in [2.75, 3.05) is 19.7 Å². The predicted molar refractivity (Wildman–Crippen MR) is 92.4 cm³/mol. The molecule has 0 amide bonds. The van der Waals surface area contributed by atoms with Crippen LogP contribution in [0, 0.1) is 5.92 Å². The Bertz CT molecular complexity index is 513. The number of benzene rings is 1. The molecule has 2 aromatic rings. The Morgan fingerprint density at radius 3 is 2.55 bits per heavy atom. The first-order chi connectivity index (χ1) is 10.6. The van der Waals surface area contributed by atoms with Crippen LogP contribution in [0.3, 0.4) is 0 Å². The lowest BCUT2D eigenvalue weighted by Crippen LogP contribution is -2.37. The molecular weight excluding hydrogens is 294 g/mol. The normalized spacial score (nSPS) is 12.8. The van der Waals surface area contributed by atoms with Crippen molar-refractivity contribution in [3.8, 4) is 5.75 Å². The molecule has 0 spiro atoms. The average Bonchev–Trinajstić information content (AvgIpc) is 2.98. The highest BCUT2D eigenvalue weighted by Crippen LogP contribution is 2.13. The van der Waals surface area contributed by atoms with Crippen LogP contribution in [-0.4, -0.2) is 35.8 Å². The third-order valence-electron chi connectivity index (χ3n) is 3.26. The molecular formula is C18H25NO2S. The molecule has 2 rings (SSSR count). The van der Waals surface area contributed by atoms with Crippen molar-refractivity contribution in [1.82, 2.24) is 4.90 Å². The van der Waals surface area contributed by atoms with Gasteiger partial charge in [0.1, 0.15) is 18.5 Å². The van der Waals surface area contributed by atoms with Gasteiger partial charge in [-0.15, -0.1) is 0 Å². The number of nitrogens with zero attached hydrogens (tertiary/aromatic N) is 1. The van der Waals surface area contributed by atoms with Gasteiger partial charge in [0.15, 0.2) is 0 Å². The van der Waals surface area contributed by atoms with E-state index in [1.54, 1.807) is 11.3 Å². The SMILES string of the molecule is CC(C)CN(Cc1ccsc1)CC(O)COc1ccccc1. The molecule has 1 unspecified atom stereocenters. The van der Waals surface area contributed by atoms with E-state index >= 15 is 0 Å². The molecule has 1 N–H and O–H groups in total. The Hall–Kier alpha value is -1.36. The summed E-state index contributed by atoms with van der Waals surface area (Å²) in [6.07, 6.45) is -0.488. The van der Waals surface area contributed by atoms with Gasteiger partial charge in [0.05, 0.1) is 0 Å². The summed E-state index contributed by atoms with van der Waals surface area (Å²) in [7, 11) is 0. The van der Waals surface area contributed by atoms with Gasteiger partial charge in [-0.1, -0.05) is 32.0 Å². The van der Waals surface area contributed by atoms with E-state index in [-0.39, 0.29) is 0 Å². The fourth-order valence-electron chi connectivity index (χ4n) is 2.42. The molecule has 0 radical (unpaired) electrons. The molecule has 0 saturated carbocycles. The number of rotatable bonds is 9. The molecule has 0 saturated heterocycles. The fraction of sp³-hybridized carbons (Fsp3) is 0.444. The van der Waals surface area contributed by atoms with Crippen molar-refractivity contribution < 1.29 is 9.84 Å². The molecule has 22 heavy (non-hydrogen) atoms. The third-order valence-corrected chi connectivity index (χ3v) is 4.00. The fourth-order valence-corrected chi connectivity index (χ4v) is 3.08. The molecule has 0 aliphatic rings. The summed E-state index contributed by atoms with van der Waals surface area (Å²) < 4.78 is 5.63. The Kier molecular flexibility index (Phi) is 6.90. The lowest BCUT2D eigenvalue weighted by Gasteiger charge is -2.26. The smallest absolute Gasteiger partial charge is 0.119 e. The maximum Gasteiger partial charge on any atom is 0.119 e. The number of hydrogen-bond donors (Lipinski definition) is 1. The van der Waals surface area contributed by atoms with Gasteiger partial charge in [-0.3, -0.25) is 4.90 Å². The van der Waals surface area contributed by atoms with E-state index in [1.165, 1.54) is 5.56 Å². The number of aliphatic hydroxyl groups is 1. The number of para-hydroxylation sites is 1. The highest BCUT2D eigenvalue weighted by Gasteiger charge is 2.14. The van der Waals surface area contributed by atoms with Crippen LogP contribution in [0.1, 0.15) is 19.4 Å². The van der Waals surface area contributed by atoms with Gasteiger partial charge in [0.25, 0.3) is 0 Å². The summed E-state index contributed by atoms with van der Waals surface area (Å²) >= 11 is 1.71. The summed E-state index contributed by atoms with van der Waals surface area (Å²) in [6, 6.07) is 11.8. The largest absolute Gasteiger partial charge is 0.491 e. The minimum atomic E-state index is -0.488. The van der Waals surface area contributed by atoms with Crippen LogP contribution < -0.4 is 4.74 Å². The second-order valence-electron chi connectivity index (χ2n) is 6.00. The van der Waals surface area contributed by atoms with Crippen LogP contribution in [-0.2, 0) is 6.54 Å². The number of thiophene rings is 1. The molecule has 4 heteroatoms. The van der Waals surface area contributed by atoms with Gasteiger partial charge in [-0.05, 0) is 40.4 Å². The van der Waals surface area contributed by atoms with E-state index in [2.05, 4.69) is 35.6 Å². The summed E-state index contributed by atoms with van der Waals surface area (Å²) in [5, 5.41) is 14.5. The van der Waals surface area contributed by atoms with E-state index in [0.717, 1.165) is 18.8 Å². The number of ether oxygens (including phenoxy) is 1. The van der Waals surface area contributed by atoms with Crippen LogP contribution in [0.4, 0.5) is 0 Å². The average molecular weight is 319 g/mol. The van der Waals surface area contributed by atoms with E-state index in [9.17, 15) is 5.11 Å². The van der Waals surface area contributed by atoms with Gasteiger partial charge in [-0.25, -0.2) is 0 Å². The molecule has 1 aromatic heterocycles. The topological polar surface area (TPSA) is 32.7 Å². The van der Waals surface area contributed by atoms with E-state index in [4.69, 9.17) is 4.74 Å². The van der Waals surface area contributed by atoms with E-state index in [0.29, 0.717) is 19.1 Å². The quantitative estimate of drug-likeness (QED) is 0.766. The maximum absolute atomic E-state index is 10.3. The van der Waals surface area contributed by atoms with Crippen LogP contribution >= 0.6 is 11.3 Å².